The van der Waals surface area contributed by atoms with E-state index >= 15 is 0 Å². The van der Waals surface area contributed by atoms with E-state index in [0.29, 0.717) is 17.7 Å². The summed E-state index contributed by atoms with van der Waals surface area (Å²) in [7, 11) is -2.62. The Hall–Kier alpha value is -3.61. The standard InChI is InChI=1S/C21H28N9O5P/c1-13(2)35-20(32)21(4,5)30(36(33)28-19(31)15-6-7-23-9-24-15)12-34-14(3)8-29-11-27-16-17(22)25-10-26-18(16)29/h6-7,9-11,13-14H,8,12H2,1-5H3,(H2-,22,25,26,28,31,33)/p+1/t14-/m1/s1. The molecule has 0 bridgehead atoms. The Balaban J connectivity index is 1.75. The van der Waals surface area contributed by atoms with Gasteiger partial charge < -0.3 is 19.8 Å². The zero-order chi connectivity index (χ0) is 26.5. The molecule has 0 aliphatic heterocycles. The molecule has 0 aliphatic carbocycles. The third-order valence-electron chi connectivity index (χ3n) is 5.08. The summed E-state index contributed by atoms with van der Waals surface area (Å²) in [6, 6.07) is 1.38. The molecule has 0 aromatic carbocycles. The minimum Gasteiger partial charge on any atom is -0.461 e. The smallest absolute Gasteiger partial charge is 0.461 e. The number of imidazole rings is 1. The lowest BCUT2D eigenvalue weighted by Gasteiger charge is -2.28. The van der Waals surface area contributed by atoms with Gasteiger partial charge in [0.05, 0.1) is 25.1 Å². The van der Waals surface area contributed by atoms with Gasteiger partial charge in [-0.3, -0.25) is 4.79 Å². The fraction of sp³-hybridized carbons (Fsp3) is 0.476. The first-order valence-electron chi connectivity index (χ1n) is 11.1. The number of nitrogens with two attached hydrogens (primary N) is 1. The Morgan fingerprint density at radius 1 is 1.19 bits per heavy atom. The Labute approximate surface area is 208 Å². The molecule has 3 heterocycles. The van der Waals surface area contributed by atoms with Gasteiger partial charge in [-0.15, -0.1) is 5.09 Å². The number of rotatable bonds is 11. The molecule has 0 fully saturated rings. The van der Waals surface area contributed by atoms with Gasteiger partial charge in [0.2, 0.25) is 0 Å². The van der Waals surface area contributed by atoms with E-state index in [1.807, 2.05) is 0 Å². The molecule has 3 aromatic heterocycles. The Morgan fingerprint density at radius 2 is 1.94 bits per heavy atom. The molecule has 0 saturated carbocycles. The van der Waals surface area contributed by atoms with Gasteiger partial charge in [0.15, 0.2) is 17.0 Å². The highest BCUT2D eigenvalue weighted by Crippen LogP contribution is 2.33. The lowest BCUT2D eigenvalue weighted by Crippen LogP contribution is -2.50. The summed E-state index contributed by atoms with van der Waals surface area (Å²) in [5.41, 5.74) is 5.48. The summed E-state index contributed by atoms with van der Waals surface area (Å²) in [5, 5.41) is 2.38. The highest BCUT2D eigenvalue weighted by Gasteiger charge is 2.49. The predicted molar refractivity (Wildman–Crippen MR) is 129 cm³/mol. The molecule has 2 atom stereocenters. The Kier molecular flexibility index (Phi) is 8.56. The molecule has 0 spiro atoms. The molecule has 15 heteroatoms. The maximum Gasteiger partial charge on any atom is 0.570 e. The topological polar surface area (TPSA) is 180 Å². The quantitative estimate of drug-likeness (QED) is 0.213. The molecule has 14 nitrogen and oxygen atoms in total. The number of aromatic nitrogens is 6. The molecule has 3 N–H and O–H groups in total. The second-order valence-electron chi connectivity index (χ2n) is 8.66. The van der Waals surface area contributed by atoms with Crippen molar-refractivity contribution >= 4 is 37.0 Å². The Bertz CT molecular complexity index is 1240. The molecule has 3 rings (SSSR count). The molecular formula is C21H29N9O5P+. The van der Waals surface area contributed by atoms with Crippen molar-refractivity contribution in [2.75, 3.05) is 12.5 Å². The van der Waals surface area contributed by atoms with Crippen LogP contribution in [0.4, 0.5) is 5.82 Å². The lowest BCUT2D eigenvalue weighted by atomic mass is 10.1. The monoisotopic (exact) mass is 518 g/mol. The highest BCUT2D eigenvalue weighted by atomic mass is 31.1. The van der Waals surface area contributed by atoms with Gasteiger partial charge >= 0.3 is 20.0 Å². The van der Waals surface area contributed by atoms with Crippen LogP contribution in [0.15, 0.2) is 31.2 Å². The van der Waals surface area contributed by atoms with Crippen LogP contribution in [0.1, 0.15) is 45.1 Å². The number of nitrogens with zero attached hydrogens (tertiary/aromatic N) is 7. The fourth-order valence-corrected chi connectivity index (χ4v) is 4.21. The van der Waals surface area contributed by atoms with Crippen molar-refractivity contribution < 1.29 is 23.6 Å². The van der Waals surface area contributed by atoms with E-state index in [1.165, 1.54) is 29.6 Å². The van der Waals surface area contributed by atoms with E-state index < -0.39 is 37.7 Å². The van der Waals surface area contributed by atoms with Gasteiger partial charge in [-0.25, -0.2) is 29.7 Å². The first-order valence-corrected chi connectivity index (χ1v) is 12.3. The molecule has 0 radical (unpaired) electrons. The van der Waals surface area contributed by atoms with Crippen molar-refractivity contribution in [1.29, 1.82) is 0 Å². The normalized spacial score (nSPS) is 13.1. The Morgan fingerprint density at radius 3 is 2.61 bits per heavy atom. The number of ether oxygens (including phenoxy) is 2. The van der Waals surface area contributed by atoms with Crippen molar-refractivity contribution in [1.82, 2.24) is 39.2 Å². The van der Waals surface area contributed by atoms with Crippen LogP contribution in [0.25, 0.3) is 11.2 Å². The maximum atomic E-state index is 13.3. The van der Waals surface area contributed by atoms with Gasteiger partial charge in [0, 0.05) is 6.20 Å². The summed E-state index contributed by atoms with van der Waals surface area (Å²) < 4.78 is 27.5. The third-order valence-corrected chi connectivity index (χ3v) is 6.53. The lowest BCUT2D eigenvalue weighted by molar-refractivity contribution is -0.160. The molecule has 0 aliphatic rings. The number of anilines is 1. The second-order valence-corrected chi connectivity index (χ2v) is 9.91. The molecule has 36 heavy (non-hydrogen) atoms. The van der Waals surface area contributed by atoms with E-state index in [1.54, 1.807) is 45.5 Å². The van der Waals surface area contributed by atoms with Gasteiger partial charge in [0.25, 0.3) is 0 Å². The SMILES string of the molecule is CC(C)OC(=O)C(C)(C)N(CO[C@H](C)Cn1cnc2c(N)ncnc21)[P+](=O)NC(=O)c1ccncn1. The van der Waals surface area contributed by atoms with Crippen LogP contribution in [0, 0.1) is 0 Å². The number of carbonyl (C=O) groups excluding carboxylic acids is 2. The van der Waals surface area contributed by atoms with E-state index in [-0.39, 0.29) is 18.2 Å². The third kappa shape index (κ3) is 6.33. The van der Waals surface area contributed by atoms with E-state index in [9.17, 15) is 14.2 Å². The van der Waals surface area contributed by atoms with Crippen molar-refractivity contribution in [3.05, 3.63) is 36.9 Å². The molecule has 3 aromatic rings. The van der Waals surface area contributed by atoms with Crippen LogP contribution in [0.5, 0.6) is 0 Å². The van der Waals surface area contributed by atoms with E-state index in [2.05, 4.69) is 30.0 Å². The van der Waals surface area contributed by atoms with Gasteiger partial charge in [0.1, 0.15) is 30.6 Å². The molecule has 192 valence electrons. The maximum absolute atomic E-state index is 13.3. The summed E-state index contributed by atoms with van der Waals surface area (Å²) in [6.07, 6.45) is 4.68. The number of nitrogen functional groups attached to an aromatic ring is 1. The summed E-state index contributed by atoms with van der Waals surface area (Å²) in [6.45, 7) is 8.36. The number of hydrogen-bond acceptors (Lipinski definition) is 11. The van der Waals surface area contributed by atoms with Crippen LogP contribution < -0.4 is 10.8 Å². The van der Waals surface area contributed by atoms with Crippen LogP contribution in [0.3, 0.4) is 0 Å². The number of esters is 1. The number of hydrogen-bond donors (Lipinski definition) is 2. The largest absolute Gasteiger partial charge is 0.570 e. The van der Waals surface area contributed by atoms with Gasteiger partial charge in [-0.2, -0.15) is 0 Å². The van der Waals surface area contributed by atoms with E-state index in [4.69, 9.17) is 15.2 Å². The second kappa shape index (κ2) is 11.4. The fourth-order valence-electron chi connectivity index (χ4n) is 3.09. The zero-order valence-corrected chi connectivity index (χ0v) is 21.5. The first-order chi connectivity index (χ1) is 17.0. The predicted octanol–water partition coefficient (Wildman–Crippen LogP) is 1.68. The van der Waals surface area contributed by atoms with Crippen LogP contribution >= 0.6 is 8.10 Å². The van der Waals surface area contributed by atoms with Gasteiger partial charge in [-0.05, 0) is 49.9 Å². The number of amides is 1. The van der Waals surface area contributed by atoms with Crippen LogP contribution in [-0.2, 0) is 25.4 Å². The molecule has 1 unspecified atom stereocenters. The van der Waals surface area contributed by atoms with Crippen LogP contribution in [-0.4, -0.2) is 70.5 Å². The average molecular weight is 518 g/mol. The molecule has 0 saturated heterocycles. The summed E-state index contributed by atoms with van der Waals surface area (Å²) >= 11 is 0. The minimum atomic E-state index is -2.62. The zero-order valence-electron chi connectivity index (χ0n) is 20.7. The average Bonchev–Trinajstić information content (AvgIpc) is 3.23. The molecular weight excluding hydrogens is 489 g/mol. The van der Waals surface area contributed by atoms with Crippen molar-refractivity contribution in [3.8, 4) is 0 Å². The number of fused-ring (bicyclic) bond motifs is 1. The van der Waals surface area contributed by atoms with E-state index in [0.717, 1.165) is 0 Å². The number of carbonyl (C=O) groups is 2. The van der Waals surface area contributed by atoms with Gasteiger partial charge in [-0.1, -0.05) is 0 Å². The number of nitrogens with one attached hydrogen (secondary N) is 1. The van der Waals surface area contributed by atoms with Crippen molar-refractivity contribution in [2.24, 2.45) is 0 Å². The van der Waals surface area contributed by atoms with Crippen molar-refractivity contribution in [2.45, 2.75) is 58.9 Å². The summed E-state index contributed by atoms with van der Waals surface area (Å²) in [5.74, 6) is -1.05. The summed E-state index contributed by atoms with van der Waals surface area (Å²) in [4.78, 5) is 45.3. The van der Waals surface area contributed by atoms with Crippen molar-refractivity contribution in [3.63, 3.8) is 0 Å². The minimum absolute atomic E-state index is 0.0263. The highest BCUT2D eigenvalue weighted by molar-refractivity contribution is 7.40. The first kappa shape index (κ1) is 27.0. The van der Waals surface area contributed by atoms with Crippen LogP contribution in [0.2, 0.25) is 0 Å². The molecule has 1 amide bonds.